The molecule has 0 aromatic rings. The summed E-state index contributed by atoms with van der Waals surface area (Å²) >= 11 is 0. The fourth-order valence-electron chi connectivity index (χ4n) is 3.33. The molecule has 0 aromatic carbocycles. The van der Waals surface area contributed by atoms with Crippen LogP contribution in [0.15, 0.2) is 12.2 Å². The van der Waals surface area contributed by atoms with E-state index in [1.54, 1.807) is 0 Å². The normalized spacial score (nSPS) is 30.2. The minimum Gasteiger partial charge on any atom is -0.437 e. The van der Waals surface area contributed by atoms with E-state index in [0.29, 0.717) is 6.04 Å². The van der Waals surface area contributed by atoms with Crippen LogP contribution in [0.2, 0.25) is 25.0 Å². The Morgan fingerprint density at radius 2 is 2.10 bits per heavy atom. The van der Waals surface area contributed by atoms with Crippen molar-refractivity contribution < 1.29 is 9.45 Å². The van der Waals surface area contributed by atoms with Gasteiger partial charge in [0, 0.05) is 18.2 Å². The zero-order valence-electron chi connectivity index (χ0n) is 13.9. The van der Waals surface area contributed by atoms with E-state index in [9.17, 15) is 5.02 Å². The van der Waals surface area contributed by atoms with Gasteiger partial charge in [-0.15, -0.1) is 0 Å². The first-order valence-corrected chi connectivity index (χ1v) is 10.8. The van der Waals surface area contributed by atoms with Crippen molar-refractivity contribution in [1.29, 1.82) is 0 Å². The van der Waals surface area contributed by atoms with Gasteiger partial charge >= 0.3 is 7.05 Å². The predicted octanol–water partition coefficient (Wildman–Crippen LogP) is 3.28. The Morgan fingerprint density at radius 1 is 1.45 bits per heavy atom. The first kappa shape index (κ1) is 16.3. The Labute approximate surface area is 125 Å². The standard InChI is InChI=1S/C15H30BNO2Si/c1-14(2,3)20(5,6)19-12-11-15-9-7-13(8-10-15)17(15)16(4)18/h7,9,13,18H,8,10-12H2,1-6H3. The molecule has 2 bridgehead atoms. The van der Waals surface area contributed by atoms with Crippen molar-refractivity contribution in [2.45, 2.75) is 76.6 Å². The SMILES string of the molecule is CB(O)N1C2C=CC1(CCO[Si](C)(C)C(C)(C)C)CC2. The molecule has 0 aliphatic carbocycles. The number of rotatable bonds is 5. The smallest absolute Gasteiger partial charge is 0.377 e. The van der Waals surface area contributed by atoms with Gasteiger partial charge in [-0.05, 0) is 44.2 Å². The minimum atomic E-state index is -1.66. The van der Waals surface area contributed by atoms with Gasteiger partial charge in [-0.3, -0.25) is 0 Å². The van der Waals surface area contributed by atoms with Gasteiger partial charge in [0.15, 0.2) is 8.32 Å². The molecule has 2 unspecified atom stereocenters. The molecule has 2 heterocycles. The summed E-state index contributed by atoms with van der Waals surface area (Å²) in [6, 6.07) is 0.433. The van der Waals surface area contributed by atoms with E-state index in [1.807, 2.05) is 6.82 Å². The second-order valence-corrected chi connectivity index (χ2v) is 12.8. The van der Waals surface area contributed by atoms with Crippen molar-refractivity contribution in [3.05, 3.63) is 12.2 Å². The van der Waals surface area contributed by atoms with Crippen molar-refractivity contribution in [2.75, 3.05) is 6.61 Å². The average Bonchev–Trinajstić information content (AvgIpc) is 2.81. The van der Waals surface area contributed by atoms with E-state index in [0.717, 1.165) is 19.4 Å². The molecule has 114 valence electrons. The summed E-state index contributed by atoms with van der Waals surface area (Å²) in [6.45, 7) is 14.1. The van der Waals surface area contributed by atoms with E-state index in [-0.39, 0.29) is 17.6 Å². The van der Waals surface area contributed by atoms with E-state index in [2.05, 4.69) is 50.8 Å². The van der Waals surface area contributed by atoms with Crippen LogP contribution in [0.1, 0.15) is 40.0 Å². The van der Waals surface area contributed by atoms with E-state index in [4.69, 9.17) is 4.43 Å². The lowest BCUT2D eigenvalue weighted by Gasteiger charge is -2.39. The highest BCUT2D eigenvalue weighted by Gasteiger charge is 2.50. The topological polar surface area (TPSA) is 32.7 Å². The number of hydrogen-bond acceptors (Lipinski definition) is 3. The highest BCUT2D eigenvalue weighted by molar-refractivity contribution is 6.74. The van der Waals surface area contributed by atoms with E-state index >= 15 is 0 Å². The van der Waals surface area contributed by atoms with Gasteiger partial charge in [-0.25, -0.2) is 0 Å². The summed E-state index contributed by atoms with van der Waals surface area (Å²) in [7, 11) is -2.03. The molecule has 0 aromatic heterocycles. The molecule has 0 saturated carbocycles. The third-order valence-corrected chi connectivity index (χ3v) is 10.1. The quantitative estimate of drug-likeness (QED) is 0.624. The van der Waals surface area contributed by atoms with Crippen molar-refractivity contribution in [1.82, 2.24) is 4.81 Å². The largest absolute Gasteiger partial charge is 0.437 e. The third-order valence-electron chi connectivity index (χ3n) is 5.58. The Bertz CT molecular complexity index is 392. The molecule has 2 aliphatic rings. The molecule has 0 amide bonds. The van der Waals surface area contributed by atoms with Crippen molar-refractivity contribution in [3.63, 3.8) is 0 Å². The molecular formula is C15H30BNO2Si. The molecule has 1 fully saturated rings. The molecule has 1 N–H and O–H groups in total. The molecule has 3 nitrogen and oxygen atoms in total. The lowest BCUT2D eigenvalue weighted by atomic mass is 9.79. The zero-order valence-corrected chi connectivity index (χ0v) is 14.9. The van der Waals surface area contributed by atoms with Gasteiger partial charge in [0.1, 0.15) is 0 Å². The minimum absolute atomic E-state index is 0.0429. The summed E-state index contributed by atoms with van der Waals surface area (Å²) in [5, 5.41) is 10.3. The third kappa shape index (κ3) is 2.78. The Morgan fingerprint density at radius 3 is 2.55 bits per heavy atom. The molecular weight excluding hydrogens is 265 g/mol. The molecule has 2 aliphatic heterocycles. The second kappa shape index (κ2) is 5.27. The van der Waals surface area contributed by atoms with Crippen LogP contribution in [0.4, 0.5) is 0 Å². The van der Waals surface area contributed by atoms with Gasteiger partial charge in [0.25, 0.3) is 0 Å². The number of nitrogens with zero attached hydrogens (tertiary/aromatic N) is 1. The van der Waals surface area contributed by atoms with E-state index in [1.165, 1.54) is 6.42 Å². The average molecular weight is 295 g/mol. The van der Waals surface area contributed by atoms with Crippen LogP contribution >= 0.6 is 0 Å². The molecule has 20 heavy (non-hydrogen) atoms. The van der Waals surface area contributed by atoms with Gasteiger partial charge in [-0.2, -0.15) is 0 Å². The molecule has 0 spiro atoms. The van der Waals surface area contributed by atoms with Crippen LogP contribution in [0.3, 0.4) is 0 Å². The first-order valence-electron chi connectivity index (χ1n) is 7.89. The lowest BCUT2D eigenvalue weighted by molar-refractivity contribution is 0.193. The van der Waals surface area contributed by atoms with Gasteiger partial charge in [0.05, 0.1) is 0 Å². The molecule has 1 saturated heterocycles. The monoisotopic (exact) mass is 295 g/mol. The van der Waals surface area contributed by atoms with Crippen LogP contribution in [0.5, 0.6) is 0 Å². The predicted molar refractivity (Wildman–Crippen MR) is 88.3 cm³/mol. The van der Waals surface area contributed by atoms with Crippen molar-refractivity contribution in [3.8, 4) is 0 Å². The maximum atomic E-state index is 10.0. The summed E-state index contributed by atoms with van der Waals surface area (Å²) < 4.78 is 6.33. The summed E-state index contributed by atoms with van der Waals surface area (Å²) in [4.78, 5) is 2.27. The highest BCUT2D eigenvalue weighted by atomic mass is 28.4. The fraction of sp³-hybridized carbons (Fsp3) is 0.867. The maximum Gasteiger partial charge on any atom is 0.377 e. The summed E-state index contributed by atoms with van der Waals surface area (Å²) in [5.74, 6) is 0. The Balaban J connectivity index is 1.96. The van der Waals surface area contributed by atoms with Gasteiger partial charge < -0.3 is 14.3 Å². The zero-order chi connectivity index (χ0) is 15.2. The molecule has 5 heteroatoms. The van der Waals surface area contributed by atoms with Crippen molar-refractivity contribution in [2.24, 2.45) is 0 Å². The second-order valence-electron chi connectivity index (χ2n) is 7.97. The van der Waals surface area contributed by atoms with E-state index < -0.39 is 8.32 Å². The first-order chi connectivity index (χ1) is 9.09. The number of hydrogen-bond donors (Lipinski definition) is 1. The number of fused-ring (bicyclic) bond motifs is 2. The Kier molecular flexibility index (Phi) is 4.29. The molecule has 2 atom stereocenters. The van der Waals surface area contributed by atoms with Gasteiger partial charge in [-0.1, -0.05) is 32.9 Å². The Hall–Kier alpha value is -0.0982. The summed E-state index contributed by atoms with van der Waals surface area (Å²) in [5.41, 5.74) is 0.0429. The maximum absolute atomic E-state index is 10.0. The lowest BCUT2D eigenvalue weighted by Crippen LogP contribution is -2.51. The fourth-order valence-corrected chi connectivity index (χ4v) is 4.38. The van der Waals surface area contributed by atoms with Crippen LogP contribution < -0.4 is 0 Å². The van der Waals surface area contributed by atoms with Crippen LogP contribution in [-0.4, -0.2) is 43.4 Å². The van der Waals surface area contributed by atoms with Crippen LogP contribution in [-0.2, 0) is 4.43 Å². The van der Waals surface area contributed by atoms with Crippen molar-refractivity contribution >= 4 is 15.4 Å². The highest BCUT2D eigenvalue weighted by Crippen LogP contribution is 2.44. The summed E-state index contributed by atoms with van der Waals surface area (Å²) in [6.07, 6.45) is 7.89. The van der Waals surface area contributed by atoms with Gasteiger partial charge in [0.2, 0.25) is 0 Å². The molecule has 2 rings (SSSR count). The molecule has 0 radical (unpaired) electrons. The van der Waals surface area contributed by atoms with Crippen LogP contribution in [0, 0.1) is 0 Å². The van der Waals surface area contributed by atoms with Crippen LogP contribution in [0.25, 0.3) is 0 Å².